The van der Waals surface area contributed by atoms with Crippen molar-refractivity contribution >= 4 is 0 Å². The molecule has 2 aliphatic rings. The maximum atomic E-state index is 5.28. The topological polar surface area (TPSA) is 25.1 Å². The van der Waals surface area contributed by atoms with Gasteiger partial charge in [0.25, 0.3) is 0 Å². The maximum absolute atomic E-state index is 5.28. The quantitative estimate of drug-likeness (QED) is 0.514. The van der Waals surface area contributed by atoms with Gasteiger partial charge in [-0.3, -0.25) is 0 Å². The van der Waals surface area contributed by atoms with Crippen LogP contribution in [0, 0.1) is 5.92 Å². The van der Waals surface area contributed by atoms with Gasteiger partial charge in [0, 0.05) is 5.92 Å². The molecule has 0 radical (unpaired) electrons. The number of hydrogen-bond donors (Lipinski definition) is 0. The molecule has 0 aromatic carbocycles. The van der Waals surface area contributed by atoms with Crippen molar-refractivity contribution < 1.29 is 9.47 Å². The Bertz CT molecular complexity index is 125. The van der Waals surface area contributed by atoms with Gasteiger partial charge in [0.05, 0.1) is 24.9 Å². The minimum atomic E-state index is 0.168. The summed E-state index contributed by atoms with van der Waals surface area (Å²) in [4.78, 5) is 0. The van der Waals surface area contributed by atoms with Crippen LogP contribution >= 0.6 is 0 Å². The molecule has 2 saturated heterocycles. The van der Waals surface area contributed by atoms with E-state index in [-0.39, 0.29) is 5.60 Å². The van der Waals surface area contributed by atoms with E-state index in [9.17, 15) is 0 Å². The van der Waals surface area contributed by atoms with E-state index in [1.165, 1.54) is 0 Å². The summed E-state index contributed by atoms with van der Waals surface area (Å²) in [5.74, 6) is 0.595. The van der Waals surface area contributed by atoms with Gasteiger partial charge in [-0.1, -0.05) is 6.92 Å². The van der Waals surface area contributed by atoms with Crippen LogP contribution in [-0.2, 0) is 9.47 Å². The fraction of sp³-hybridized carbons (Fsp3) is 1.00. The summed E-state index contributed by atoms with van der Waals surface area (Å²) >= 11 is 0. The van der Waals surface area contributed by atoms with Gasteiger partial charge in [-0.05, 0) is 6.92 Å². The normalized spacial score (nSPS) is 50.7. The molecule has 0 aromatic heterocycles. The van der Waals surface area contributed by atoms with Crippen LogP contribution in [0.1, 0.15) is 13.8 Å². The van der Waals surface area contributed by atoms with Crippen LogP contribution in [0.5, 0.6) is 0 Å². The van der Waals surface area contributed by atoms with Crippen molar-refractivity contribution in [2.75, 3.05) is 13.2 Å². The highest BCUT2D eigenvalue weighted by Gasteiger charge is 2.51. The zero-order valence-corrected chi connectivity index (χ0v) is 5.89. The zero-order valence-electron chi connectivity index (χ0n) is 5.89. The van der Waals surface area contributed by atoms with Gasteiger partial charge < -0.3 is 9.47 Å². The molecule has 2 fully saturated rings. The molecule has 0 aliphatic carbocycles. The number of ether oxygens (including phenoxy) is 2. The lowest BCUT2D eigenvalue weighted by molar-refractivity contribution is 0.207. The van der Waals surface area contributed by atoms with Crippen molar-refractivity contribution in [3.63, 3.8) is 0 Å². The highest BCUT2D eigenvalue weighted by molar-refractivity contribution is 4.98. The van der Waals surface area contributed by atoms with Crippen molar-refractivity contribution in [3.8, 4) is 0 Å². The maximum Gasteiger partial charge on any atom is 0.0939 e. The van der Waals surface area contributed by atoms with Gasteiger partial charge in [-0.2, -0.15) is 0 Å². The third-order valence-electron chi connectivity index (χ3n) is 2.48. The Hall–Kier alpha value is -0.0800. The Kier molecular flexibility index (Phi) is 0.945. The van der Waals surface area contributed by atoms with E-state index in [1.807, 2.05) is 0 Å². The zero-order chi connectivity index (χ0) is 6.48. The fourth-order valence-corrected chi connectivity index (χ4v) is 1.11. The predicted octanol–water partition coefficient (Wildman–Crippen LogP) is 0.810. The largest absolute Gasteiger partial charge is 0.373 e. The van der Waals surface area contributed by atoms with Crippen molar-refractivity contribution in [2.45, 2.75) is 25.6 Å². The molecule has 2 heterocycles. The van der Waals surface area contributed by atoms with E-state index in [2.05, 4.69) is 13.8 Å². The third-order valence-corrected chi connectivity index (χ3v) is 2.48. The standard InChI is InChI=1S/C7H12O2/c1-5(6-3-8-6)7(2)4-9-7/h5-6H,3-4H2,1-2H3. The first-order valence-electron chi connectivity index (χ1n) is 3.48. The molecular weight excluding hydrogens is 116 g/mol. The lowest BCUT2D eigenvalue weighted by atomic mass is 9.94. The van der Waals surface area contributed by atoms with Crippen LogP contribution in [-0.4, -0.2) is 24.9 Å². The van der Waals surface area contributed by atoms with E-state index < -0.39 is 0 Å². The predicted molar refractivity (Wildman–Crippen MR) is 33.3 cm³/mol. The molecule has 2 heteroatoms. The molecule has 2 aliphatic heterocycles. The minimum absolute atomic E-state index is 0.168. The van der Waals surface area contributed by atoms with Gasteiger partial charge >= 0.3 is 0 Å². The first-order chi connectivity index (χ1) is 4.22. The number of hydrogen-bond acceptors (Lipinski definition) is 2. The fourth-order valence-electron chi connectivity index (χ4n) is 1.11. The van der Waals surface area contributed by atoms with Crippen LogP contribution in [0.25, 0.3) is 0 Å². The summed E-state index contributed by atoms with van der Waals surface area (Å²) in [6.07, 6.45) is 0.498. The summed E-state index contributed by atoms with van der Waals surface area (Å²) in [5.41, 5.74) is 0.168. The highest BCUT2D eigenvalue weighted by Crippen LogP contribution is 2.40. The van der Waals surface area contributed by atoms with Crippen LogP contribution in [0.2, 0.25) is 0 Å². The molecule has 0 bridgehead atoms. The monoisotopic (exact) mass is 128 g/mol. The second kappa shape index (κ2) is 1.50. The summed E-state index contributed by atoms with van der Waals surface area (Å²) in [7, 11) is 0. The molecule has 3 atom stereocenters. The van der Waals surface area contributed by atoms with Crippen molar-refractivity contribution in [2.24, 2.45) is 5.92 Å². The molecule has 2 rings (SSSR count). The van der Waals surface area contributed by atoms with E-state index in [0.29, 0.717) is 12.0 Å². The van der Waals surface area contributed by atoms with Crippen molar-refractivity contribution in [1.82, 2.24) is 0 Å². The van der Waals surface area contributed by atoms with Gasteiger partial charge in [0.2, 0.25) is 0 Å². The smallest absolute Gasteiger partial charge is 0.0939 e. The Morgan fingerprint density at radius 1 is 1.67 bits per heavy atom. The van der Waals surface area contributed by atoms with Crippen molar-refractivity contribution in [1.29, 1.82) is 0 Å². The molecule has 0 amide bonds. The van der Waals surface area contributed by atoms with Crippen LogP contribution in [0.3, 0.4) is 0 Å². The Morgan fingerprint density at radius 3 is 2.56 bits per heavy atom. The van der Waals surface area contributed by atoms with E-state index in [0.717, 1.165) is 13.2 Å². The summed E-state index contributed by atoms with van der Waals surface area (Å²) in [6, 6.07) is 0. The first kappa shape index (κ1) is 5.69. The van der Waals surface area contributed by atoms with Crippen LogP contribution < -0.4 is 0 Å². The van der Waals surface area contributed by atoms with Gasteiger partial charge in [-0.25, -0.2) is 0 Å². The van der Waals surface area contributed by atoms with E-state index in [4.69, 9.17) is 9.47 Å². The highest BCUT2D eigenvalue weighted by atomic mass is 16.6. The van der Waals surface area contributed by atoms with E-state index >= 15 is 0 Å². The summed E-state index contributed by atoms with van der Waals surface area (Å²) < 4.78 is 10.4. The number of rotatable bonds is 2. The van der Waals surface area contributed by atoms with Crippen LogP contribution in [0.15, 0.2) is 0 Å². The Labute approximate surface area is 55.1 Å². The van der Waals surface area contributed by atoms with Crippen LogP contribution in [0.4, 0.5) is 0 Å². The molecule has 0 saturated carbocycles. The molecule has 0 aromatic rings. The second-order valence-corrected chi connectivity index (χ2v) is 3.26. The Morgan fingerprint density at radius 2 is 2.22 bits per heavy atom. The molecule has 0 spiro atoms. The first-order valence-corrected chi connectivity index (χ1v) is 3.48. The molecule has 2 nitrogen and oxygen atoms in total. The van der Waals surface area contributed by atoms with Gasteiger partial charge in [0.1, 0.15) is 0 Å². The molecule has 0 N–H and O–H groups in total. The van der Waals surface area contributed by atoms with Gasteiger partial charge in [0.15, 0.2) is 0 Å². The van der Waals surface area contributed by atoms with Gasteiger partial charge in [-0.15, -0.1) is 0 Å². The summed E-state index contributed by atoms with van der Waals surface area (Å²) in [6.45, 7) is 6.22. The molecular formula is C7H12O2. The lowest BCUT2D eigenvalue weighted by Crippen LogP contribution is -2.22. The van der Waals surface area contributed by atoms with E-state index in [1.54, 1.807) is 0 Å². The SMILES string of the molecule is CC(C1CO1)C1(C)CO1. The summed E-state index contributed by atoms with van der Waals surface area (Å²) in [5, 5.41) is 0. The third kappa shape index (κ3) is 0.864. The lowest BCUT2D eigenvalue weighted by Gasteiger charge is -2.11. The Balaban J connectivity index is 1.95. The number of epoxide rings is 2. The molecule has 9 heavy (non-hydrogen) atoms. The second-order valence-electron chi connectivity index (χ2n) is 3.26. The average Bonchev–Trinajstić information content (AvgIpc) is 2.54. The minimum Gasteiger partial charge on any atom is -0.373 e. The average molecular weight is 128 g/mol. The molecule has 3 unspecified atom stereocenters. The molecule has 52 valence electrons. The van der Waals surface area contributed by atoms with Crippen molar-refractivity contribution in [3.05, 3.63) is 0 Å².